The van der Waals surface area contributed by atoms with Crippen molar-refractivity contribution >= 4 is 17.0 Å². The molecule has 0 aliphatic carbocycles. The summed E-state index contributed by atoms with van der Waals surface area (Å²) in [5.74, 6) is 2.45. The monoisotopic (exact) mass is 311 g/mol. The van der Waals surface area contributed by atoms with Gasteiger partial charge in [0, 0.05) is 25.4 Å². The van der Waals surface area contributed by atoms with E-state index in [1.165, 1.54) is 0 Å². The Morgan fingerprint density at radius 1 is 1.26 bits per heavy atom. The van der Waals surface area contributed by atoms with Crippen molar-refractivity contribution in [2.75, 3.05) is 24.6 Å². The number of nitrogens with zero attached hydrogens (tertiary/aromatic N) is 6. The van der Waals surface area contributed by atoms with Crippen LogP contribution < -0.4 is 4.90 Å². The van der Waals surface area contributed by atoms with Gasteiger partial charge in [-0.25, -0.2) is 15.0 Å². The molecule has 1 fully saturated rings. The summed E-state index contributed by atoms with van der Waals surface area (Å²) >= 11 is 0. The Balaban J connectivity index is 1.58. The average Bonchev–Trinajstić information content (AvgIpc) is 3.11. The van der Waals surface area contributed by atoms with Crippen LogP contribution in [-0.4, -0.2) is 49.8 Å². The van der Waals surface area contributed by atoms with Gasteiger partial charge in [-0.1, -0.05) is 6.92 Å². The van der Waals surface area contributed by atoms with E-state index in [1.807, 2.05) is 19.1 Å². The molecular weight excluding hydrogens is 294 g/mol. The fraction of sp³-hybridized carbons (Fsp3) is 0.400. The Labute approximate surface area is 133 Å². The van der Waals surface area contributed by atoms with Crippen LogP contribution in [0.15, 0.2) is 24.5 Å². The highest BCUT2D eigenvalue weighted by molar-refractivity contribution is 5.71. The van der Waals surface area contributed by atoms with Crippen molar-refractivity contribution in [1.29, 1.82) is 0 Å². The number of pyridine rings is 1. The lowest BCUT2D eigenvalue weighted by atomic mass is 10.2. The number of aromatic amines is 1. The Hall–Kier alpha value is -2.61. The van der Waals surface area contributed by atoms with Gasteiger partial charge in [0.2, 0.25) is 0 Å². The second kappa shape index (κ2) is 5.88. The zero-order valence-electron chi connectivity index (χ0n) is 12.8. The van der Waals surface area contributed by atoms with Crippen LogP contribution in [0, 0.1) is 0 Å². The number of ether oxygens (including phenoxy) is 1. The largest absolute Gasteiger partial charge is 0.366 e. The minimum atomic E-state index is -0.153. The van der Waals surface area contributed by atoms with E-state index in [0.29, 0.717) is 24.6 Å². The first-order chi connectivity index (χ1) is 11.3. The molecule has 0 aromatic carbocycles. The molecule has 4 rings (SSSR count). The topological polar surface area (TPSA) is 92.7 Å². The second-order valence-corrected chi connectivity index (χ2v) is 5.37. The summed E-state index contributed by atoms with van der Waals surface area (Å²) in [7, 11) is 0. The van der Waals surface area contributed by atoms with Crippen LogP contribution >= 0.6 is 0 Å². The molecule has 0 radical (unpaired) electrons. The third kappa shape index (κ3) is 2.72. The highest BCUT2D eigenvalue weighted by atomic mass is 16.5. The van der Waals surface area contributed by atoms with Gasteiger partial charge in [-0.05, 0) is 12.1 Å². The van der Waals surface area contributed by atoms with E-state index in [4.69, 9.17) is 4.74 Å². The molecule has 0 amide bonds. The molecular formula is C15H17N7O. The van der Waals surface area contributed by atoms with Crippen LogP contribution in [0.3, 0.4) is 0 Å². The first kappa shape index (κ1) is 14.0. The van der Waals surface area contributed by atoms with Gasteiger partial charge in [0.25, 0.3) is 0 Å². The van der Waals surface area contributed by atoms with E-state index in [9.17, 15) is 0 Å². The normalized spacial score (nSPS) is 18.5. The maximum absolute atomic E-state index is 5.82. The first-order valence-corrected chi connectivity index (χ1v) is 7.69. The number of rotatable bonds is 3. The summed E-state index contributed by atoms with van der Waals surface area (Å²) in [5.41, 5.74) is 1.45. The maximum atomic E-state index is 5.82. The summed E-state index contributed by atoms with van der Waals surface area (Å²) in [5, 5.41) is 7.20. The summed E-state index contributed by atoms with van der Waals surface area (Å²) in [6.45, 7) is 4.10. The number of hydrogen-bond donors (Lipinski definition) is 1. The molecule has 1 unspecified atom stereocenters. The SMILES string of the molecule is CCc1nc(C2CN(c3ccc4nccnc4n3)CCO2)n[nH]1. The van der Waals surface area contributed by atoms with Crippen LogP contribution in [-0.2, 0) is 11.2 Å². The van der Waals surface area contributed by atoms with Crippen LogP contribution in [0.25, 0.3) is 11.2 Å². The number of fused-ring (bicyclic) bond motifs is 1. The highest BCUT2D eigenvalue weighted by Crippen LogP contribution is 2.24. The Bertz CT molecular complexity index is 818. The van der Waals surface area contributed by atoms with Crippen molar-refractivity contribution in [2.45, 2.75) is 19.4 Å². The zero-order valence-corrected chi connectivity index (χ0v) is 12.8. The molecule has 8 nitrogen and oxygen atoms in total. The summed E-state index contributed by atoms with van der Waals surface area (Å²) in [6, 6.07) is 3.91. The van der Waals surface area contributed by atoms with E-state index >= 15 is 0 Å². The molecule has 118 valence electrons. The van der Waals surface area contributed by atoms with Crippen molar-refractivity contribution in [3.63, 3.8) is 0 Å². The van der Waals surface area contributed by atoms with Crippen molar-refractivity contribution in [2.24, 2.45) is 0 Å². The maximum Gasteiger partial charge on any atom is 0.181 e. The first-order valence-electron chi connectivity index (χ1n) is 7.69. The van der Waals surface area contributed by atoms with Gasteiger partial charge in [-0.2, -0.15) is 5.10 Å². The van der Waals surface area contributed by atoms with E-state index in [-0.39, 0.29) is 6.10 Å². The van der Waals surface area contributed by atoms with Gasteiger partial charge < -0.3 is 9.64 Å². The van der Waals surface area contributed by atoms with E-state index in [2.05, 4.69) is 35.0 Å². The molecule has 1 atom stereocenters. The van der Waals surface area contributed by atoms with Crippen molar-refractivity contribution in [3.8, 4) is 0 Å². The number of hydrogen-bond acceptors (Lipinski definition) is 7. The number of aromatic nitrogens is 6. The van der Waals surface area contributed by atoms with Crippen molar-refractivity contribution in [1.82, 2.24) is 30.1 Å². The molecule has 3 aromatic rings. The quantitative estimate of drug-likeness (QED) is 0.779. The molecule has 8 heteroatoms. The minimum absolute atomic E-state index is 0.153. The molecule has 0 bridgehead atoms. The third-order valence-corrected chi connectivity index (χ3v) is 3.88. The summed E-state index contributed by atoms with van der Waals surface area (Å²) in [6.07, 6.45) is 4.00. The molecule has 1 aliphatic heterocycles. The van der Waals surface area contributed by atoms with Gasteiger partial charge in [-0.3, -0.25) is 10.1 Å². The fourth-order valence-electron chi connectivity index (χ4n) is 2.65. The predicted molar refractivity (Wildman–Crippen MR) is 84.0 cm³/mol. The standard InChI is InChI=1S/C15H17N7O/c1-2-12-18-15(21-20-12)11-9-22(7-8-23-11)13-4-3-10-14(19-13)17-6-5-16-10/h3-6,11H,2,7-9H2,1H3,(H,18,20,21). The second-order valence-electron chi connectivity index (χ2n) is 5.37. The third-order valence-electron chi connectivity index (χ3n) is 3.88. The van der Waals surface area contributed by atoms with E-state index in [0.717, 1.165) is 30.1 Å². The van der Waals surface area contributed by atoms with E-state index < -0.39 is 0 Å². The highest BCUT2D eigenvalue weighted by Gasteiger charge is 2.26. The van der Waals surface area contributed by atoms with Crippen LogP contribution in [0.2, 0.25) is 0 Å². The van der Waals surface area contributed by atoms with Gasteiger partial charge in [-0.15, -0.1) is 0 Å². The Morgan fingerprint density at radius 3 is 3.04 bits per heavy atom. The van der Waals surface area contributed by atoms with Gasteiger partial charge in [0.05, 0.1) is 13.2 Å². The average molecular weight is 311 g/mol. The number of H-pyrrole nitrogens is 1. The minimum Gasteiger partial charge on any atom is -0.366 e. The van der Waals surface area contributed by atoms with Gasteiger partial charge in [0.15, 0.2) is 11.5 Å². The van der Waals surface area contributed by atoms with Crippen LogP contribution in [0.5, 0.6) is 0 Å². The summed E-state index contributed by atoms with van der Waals surface area (Å²) in [4.78, 5) is 19.8. The molecule has 0 saturated carbocycles. The molecule has 3 aromatic heterocycles. The van der Waals surface area contributed by atoms with Crippen LogP contribution in [0.1, 0.15) is 24.7 Å². The Kier molecular flexibility index (Phi) is 3.58. The molecule has 0 spiro atoms. The molecule has 1 N–H and O–H groups in total. The molecule has 1 aliphatic rings. The lowest BCUT2D eigenvalue weighted by Crippen LogP contribution is -2.39. The number of aryl methyl sites for hydroxylation is 1. The smallest absolute Gasteiger partial charge is 0.181 e. The van der Waals surface area contributed by atoms with Gasteiger partial charge in [0.1, 0.15) is 23.3 Å². The van der Waals surface area contributed by atoms with Crippen molar-refractivity contribution in [3.05, 3.63) is 36.2 Å². The molecule has 1 saturated heterocycles. The molecule has 4 heterocycles. The van der Waals surface area contributed by atoms with Gasteiger partial charge >= 0.3 is 0 Å². The zero-order chi connectivity index (χ0) is 15.6. The van der Waals surface area contributed by atoms with Crippen LogP contribution in [0.4, 0.5) is 5.82 Å². The fourth-order valence-corrected chi connectivity index (χ4v) is 2.65. The lowest BCUT2D eigenvalue weighted by Gasteiger charge is -2.32. The predicted octanol–water partition coefficient (Wildman–Crippen LogP) is 1.28. The number of nitrogens with one attached hydrogen (secondary N) is 1. The summed E-state index contributed by atoms with van der Waals surface area (Å²) < 4.78 is 5.82. The molecule has 23 heavy (non-hydrogen) atoms. The number of anilines is 1. The van der Waals surface area contributed by atoms with E-state index in [1.54, 1.807) is 12.4 Å². The Morgan fingerprint density at radius 2 is 2.17 bits per heavy atom. The number of morpholine rings is 1. The van der Waals surface area contributed by atoms with Crippen molar-refractivity contribution < 1.29 is 4.74 Å². The lowest BCUT2D eigenvalue weighted by molar-refractivity contribution is 0.0340.